The molecular formula is C16H17F2NO2. The fraction of sp³-hybridized carbons (Fsp3) is 0.250. The van der Waals surface area contributed by atoms with Gasteiger partial charge in [-0.05, 0) is 35.4 Å². The number of nitrogens with one attached hydrogen (secondary N) is 1. The summed E-state index contributed by atoms with van der Waals surface area (Å²) in [6.45, 7) is -1.44. The van der Waals surface area contributed by atoms with Gasteiger partial charge in [0.1, 0.15) is 11.5 Å². The average molecular weight is 293 g/mol. The number of hydrogen-bond acceptors (Lipinski definition) is 3. The predicted molar refractivity (Wildman–Crippen MR) is 76.6 cm³/mol. The summed E-state index contributed by atoms with van der Waals surface area (Å²) in [6.07, 6.45) is 0. The molecule has 0 fully saturated rings. The number of alkyl halides is 2. The second kappa shape index (κ2) is 7.59. The number of hydrogen-bond donors (Lipinski definition) is 1. The molecule has 0 aliphatic rings. The summed E-state index contributed by atoms with van der Waals surface area (Å²) < 4.78 is 33.5. The zero-order chi connectivity index (χ0) is 15.1. The molecule has 0 aliphatic heterocycles. The van der Waals surface area contributed by atoms with Crippen LogP contribution in [0.5, 0.6) is 11.5 Å². The van der Waals surface area contributed by atoms with Gasteiger partial charge in [-0.3, -0.25) is 0 Å². The summed E-state index contributed by atoms with van der Waals surface area (Å²) >= 11 is 0. The van der Waals surface area contributed by atoms with Crippen LogP contribution < -0.4 is 14.8 Å². The third-order valence-corrected chi connectivity index (χ3v) is 2.94. The van der Waals surface area contributed by atoms with Crippen LogP contribution in [0.25, 0.3) is 0 Å². The van der Waals surface area contributed by atoms with Crippen molar-refractivity contribution in [2.24, 2.45) is 0 Å². The third-order valence-electron chi connectivity index (χ3n) is 2.94. The minimum absolute atomic E-state index is 0.168. The molecular weight excluding hydrogens is 276 g/mol. The molecule has 0 atom stereocenters. The van der Waals surface area contributed by atoms with Crippen LogP contribution in [-0.4, -0.2) is 13.7 Å². The van der Waals surface area contributed by atoms with Gasteiger partial charge in [0.05, 0.1) is 7.11 Å². The Balaban J connectivity index is 1.82. The lowest BCUT2D eigenvalue weighted by molar-refractivity contribution is -0.0498. The standard InChI is InChI=1S/C16H17F2NO2/c1-20-15-4-2-3-13(9-15)11-19-10-12-5-7-14(8-6-12)21-16(17)18/h2-9,16,19H,10-11H2,1H3. The van der Waals surface area contributed by atoms with Crippen LogP contribution in [0.15, 0.2) is 48.5 Å². The normalized spacial score (nSPS) is 10.7. The maximum absolute atomic E-state index is 12.0. The number of methoxy groups -OCH3 is 1. The van der Waals surface area contributed by atoms with Crippen molar-refractivity contribution in [3.8, 4) is 11.5 Å². The highest BCUT2D eigenvalue weighted by Gasteiger charge is 2.03. The van der Waals surface area contributed by atoms with E-state index in [2.05, 4.69) is 10.1 Å². The minimum atomic E-state index is -2.79. The molecule has 0 saturated carbocycles. The first kappa shape index (κ1) is 15.3. The quantitative estimate of drug-likeness (QED) is 0.846. The zero-order valence-electron chi connectivity index (χ0n) is 11.7. The lowest BCUT2D eigenvalue weighted by Crippen LogP contribution is -2.12. The fourth-order valence-electron chi connectivity index (χ4n) is 1.92. The largest absolute Gasteiger partial charge is 0.497 e. The number of benzene rings is 2. The first-order chi connectivity index (χ1) is 10.2. The van der Waals surface area contributed by atoms with E-state index in [-0.39, 0.29) is 5.75 Å². The molecule has 2 aromatic rings. The van der Waals surface area contributed by atoms with Crippen molar-refractivity contribution >= 4 is 0 Å². The third kappa shape index (κ3) is 5.04. The van der Waals surface area contributed by atoms with Crippen molar-refractivity contribution in [2.75, 3.05) is 7.11 Å². The SMILES string of the molecule is COc1cccc(CNCc2ccc(OC(F)F)cc2)c1. The van der Waals surface area contributed by atoms with Gasteiger partial charge in [0.15, 0.2) is 0 Å². The van der Waals surface area contributed by atoms with Crippen molar-refractivity contribution in [1.82, 2.24) is 5.32 Å². The summed E-state index contributed by atoms with van der Waals surface area (Å²) in [6, 6.07) is 14.4. The predicted octanol–water partition coefficient (Wildman–Crippen LogP) is 3.59. The van der Waals surface area contributed by atoms with E-state index in [1.54, 1.807) is 19.2 Å². The van der Waals surface area contributed by atoms with Crippen molar-refractivity contribution < 1.29 is 18.3 Å². The topological polar surface area (TPSA) is 30.5 Å². The van der Waals surface area contributed by atoms with Crippen LogP contribution in [0.1, 0.15) is 11.1 Å². The van der Waals surface area contributed by atoms with E-state index in [1.807, 2.05) is 24.3 Å². The zero-order valence-corrected chi connectivity index (χ0v) is 11.7. The van der Waals surface area contributed by atoms with Gasteiger partial charge < -0.3 is 14.8 Å². The van der Waals surface area contributed by atoms with E-state index in [0.717, 1.165) is 16.9 Å². The van der Waals surface area contributed by atoms with Crippen LogP contribution in [-0.2, 0) is 13.1 Å². The molecule has 0 aliphatic carbocycles. The molecule has 3 nitrogen and oxygen atoms in total. The minimum Gasteiger partial charge on any atom is -0.497 e. The molecule has 0 aromatic heterocycles. The highest BCUT2D eigenvalue weighted by Crippen LogP contribution is 2.15. The van der Waals surface area contributed by atoms with Gasteiger partial charge in [0.2, 0.25) is 0 Å². The van der Waals surface area contributed by atoms with E-state index in [9.17, 15) is 8.78 Å². The van der Waals surface area contributed by atoms with Gasteiger partial charge in [0, 0.05) is 13.1 Å². The molecule has 0 radical (unpaired) electrons. The van der Waals surface area contributed by atoms with Crippen LogP contribution >= 0.6 is 0 Å². The highest BCUT2D eigenvalue weighted by atomic mass is 19.3. The Bertz CT molecular complexity index is 558. The van der Waals surface area contributed by atoms with E-state index >= 15 is 0 Å². The molecule has 112 valence electrons. The Morgan fingerprint density at radius 1 is 0.952 bits per heavy atom. The first-order valence-corrected chi connectivity index (χ1v) is 6.55. The fourth-order valence-corrected chi connectivity index (χ4v) is 1.92. The molecule has 0 heterocycles. The molecule has 0 spiro atoms. The summed E-state index contributed by atoms with van der Waals surface area (Å²) in [7, 11) is 1.63. The lowest BCUT2D eigenvalue weighted by atomic mass is 10.2. The van der Waals surface area contributed by atoms with Crippen LogP contribution in [0.3, 0.4) is 0 Å². The molecule has 21 heavy (non-hydrogen) atoms. The van der Waals surface area contributed by atoms with Gasteiger partial charge in [-0.15, -0.1) is 0 Å². The molecule has 0 unspecified atom stereocenters. The Morgan fingerprint density at radius 3 is 2.33 bits per heavy atom. The van der Waals surface area contributed by atoms with E-state index in [1.165, 1.54) is 12.1 Å². The van der Waals surface area contributed by atoms with Crippen molar-refractivity contribution in [2.45, 2.75) is 19.7 Å². The first-order valence-electron chi connectivity index (χ1n) is 6.55. The molecule has 0 bridgehead atoms. The monoisotopic (exact) mass is 293 g/mol. The molecule has 5 heteroatoms. The molecule has 0 saturated heterocycles. The lowest BCUT2D eigenvalue weighted by Gasteiger charge is -2.08. The molecule has 0 amide bonds. The summed E-state index contributed by atoms with van der Waals surface area (Å²) in [5, 5.41) is 3.29. The van der Waals surface area contributed by atoms with Crippen molar-refractivity contribution in [1.29, 1.82) is 0 Å². The number of rotatable bonds is 7. The van der Waals surface area contributed by atoms with Crippen LogP contribution in [0.4, 0.5) is 8.78 Å². The number of halogens is 2. The smallest absolute Gasteiger partial charge is 0.387 e. The highest BCUT2D eigenvalue weighted by molar-refractivity contribution is 5.29. The van der Waals surface area contributed by atoms with E-state index < -0.39 is 6.61 Å². The Labute approximate surface area is 122 Å². The van der Waals surface area contributed by atoms with Crippen molar-refractivity contribution in [3.63, 3.8) is 0 Å². The van der Waals surface area contributed by atoms with Crippen LogP contribution in [0.2, 0.25) is 0 Å². The van der Waals surface area contributed by atoms with Gasteiger partial charge in [-0.2, -0.15) is 8.78 Å². The van der Waals surface area contributed by atoms with Crippen LogP contribution in [0, 0.1) is 0 Å². The molecule has 2 rings (SSSR count). The summed E-state index contributed by atoms with van der Waals surface area (Å²) in [5.41, 5.74) is 2.12. The summed E-state index contributed by atoms with van der Waals surface area (Å²) in [4.78, 5) is 0. The second-order valence-corrected chi connectivity index (χ2v) is 4.48. The summed E-state index contributed by atoms with van der Waals surface area (Å²) in [5.74, 6) is 0.990. The Morgan fingerprint density at radius 2 is 1.67 bits per heavy atom. The second-order valence-electron chi connectivity index (χ2n) is 4.48. The molecule has 2 aromatic carbocycles. The Hall–Kier alpha value is -2.14. The van der Waals surface area contributed by atoms with Gasteiger partial charge in [-0.25, -0.2) is 0 Å². The van der Waals surface area contributed by atoms with E-state index in [0.29, 0.717) is 13.1 Å². The van der Waals surface area contributed by atoms with Crippen molar-refractivity contribution in [3.05, 3.63) is 59.7 Å². The maximum atomic E-state index is 12.0. The van der Waals surface area contributed by atoms with Gasteiger partial charge in [-0.1, -0.05) is 24.3 Å². The molecule has 1 N–H and O–H groups in total. The van der Waals surface area contributed by atoms with Gasteiger partial charge >= 0.3 is 6.61 Å². The Kier molecular flexibility index (Phi) is 5.51. The number of ether oxygens (including phenoxy) is 2. The van der Waals surface area contributed by atoms with E-state index in [4.69, 9.17) is 4.74 Å². The average Bonchev–Trinajstić information content (AvgIpc) is 2.49. The maximum Gasteiger partial charge on any atom is 0.387 e. The van der Waals surface area contributed by atoms with Gasteiger partial charge in [0.25, 0.3) is 0 Å².